The van der Waals surface area contributed by atoms with E-state index in [9.17, 15) is 0 Å². The van der Waals surface area contributed by atoms with E-state index in [1.807, 2.05) is 0 Å². The first-order valence-electron chi connectivity index (χ1n) is 10.8. The molecule has 0 aliphatic heterocycles. The molecule has 0 N–H and O–H groups in total. The van der Waals surface area contributed by atoms with Crippen LogP contribution in [0, 0.1) is 0 Å². The van der Waals surface area contributed by atoms with E-state index in [1.54, 1.807) is 10.8 Å². The minimum Gasteiger partial charge on any atom is -0.469 e. The molecule has 1 rings (SSSR count). The van der Waals surface area contributed by atoms with Crippen LogP contribution in [0.2, 0.25) is 18.1 Å². The summed E-state index contributed by atoms with van der Waals surface area (Å²) in [5, 5.41) is 1.96. The molecule has 0 amide bonds. The predicted octanol–water partition coefficient (Wildman–Crippen LogP) is 7.63. The van der Waals surface area contributed by atoms with Crippen molar-refractivity contribution in [2.24, 2.45) is 0 Å². The Labute approximate surface area is 159 Å². The number of furan rings is 1. The smallest absolute Gasteiger partial charge is 0.106 e. The van der Waals surface area contributed by atoms with Crippen LogP contribution in [0.5, 0.6) is 0 Å². The van der Waals surface area contributed by atoms with E-state index in [-0.39, 0.29) is 0 Å². The van der Waals surface area contributed by atoms with Crippen molar-refractivity contribution in [2.45, 2.75) is 123 Å². The molecule has 0 spiro atoms. The lowest BCUT2D eigenvalue weighted by atomic mass is 10.0. The van der Waals surface area contributed by atoms with Gasteiger partial charge in [0.25, 0.3) is 0 Å². The fourth-order valence-corrected chi connectivity index (χ4v) is 5.68. The summed E-state index contributed by atoms with van der Waals surface area (Å²) in [6, 6.07) is 0. The summed E-state index contributed by atoms with van der Waals surface area (Å²) in [4.78, 5) is 0. The third-order valence-corrected chi connectivity index (χ3v) is 11.8. The molecule has 0 radical (unpaired) electrons. The van der Waals surface area contributed by atoms with Crippen LogP contribution in [-0.4, -0.2) is 8.07 Å². The summed E-state index contributed by atoms with van der Waals surface area (Å²) in [6.07, 6.45) is 16.8. The second-order valence-corrected chi connectivity index (χ2v) is 14.7. The van der Waals surface area contributed by atoms with Crippen molar-refractivity contribution in [1.29, 1.82) is 0 Å². The molecule has 0 saturated carbocycles. The van der Waals surface area contributed by atoms with Gasteiger partial charge in [-0.3, -0.25) is 0 Å². The van der Waals surface area contributed by atoms with Gasteiger partial charge in [-0.1, -0.05) is 92.7 Å². The Bertz CT molecular complexity index is 479. The molecule has 0 aliphatic rings. The quantitative estimate of drug-likeness (QED) is 0.274. The largest absolute Gasteiger partial charge is 0.469 e. The van der Waals surface area contributed by atoms with Gasteiger partial charge in [0.1, 0.15) is 5.76 Å². The summed E-state index contributed by atoms with van der Waals surface area (Å²) < 4.78 is 6.07. The highest BCUT2D eigenvalue weighted by atomic mass is 28.3. The van der Waals surface area contributed by atoms with Crippen LogP contribution in [0.1, 0.15) is 104 Å². The minimum absolute atomic E-state index is 0.369. The fourth-order valence-electron chi connectivity index (χ4n) is 3.50. The van der Waals surface area contributed by atoms with Crippen LogP contribution in [0.3, 0.4) is 0 Å². The molecule has 146 valence electrons. The van der Waals surface area contributed by atoms with E-state index in [1.165, 1.54) is 70.0 Å². The molecule has 0 bridgehead atoms. The van der Waals surface area contributed by atoms with E-state index >= 15 is 0 Å². The molecule has 0 fully saturated rings. The molecule has 0 atom stereocenters. The van der Waals surface area contributed by atoms with E-state index in [2.05, 4.69) is 54.0 Å². The average Bonchev–Trinajstić information content (AvgIpc) is 2.93. The monoisotopic (exact) mass is 364 g/mol. The molecule has 0 aliphatic carbocycles. The van der Waals surface area contributed by atoms with Gasteiger partial charge in [-0.2, -0.15) is 0 Å². The van der Waals surface area contributed by atoms with Crippen molar-refractivity contribution in [3.63, 3.8) is 0 Å². The number of aryl methyl sites for hydroxylation is 1. The van der Waals surface area contributed by atoms with Gasteiger partial charge < -0.3 is 4.42 Å². The summed E-state index contributed by atoms with van der Waals surface area (Å²) in [5.74, 6) is 1.28. The van der Waals surface area contributed by atoms with Crippen LogP contribution in [-0.2, 0) is 12.8 Å². The van der Waals surface area contributed by atoms with E-state index < -0.39 is 8.07 Å². The maximum atomic E-state index is 6.07. The second kappa shape index (κ2) is 10.6. The highest BCUT2D eigenvalue weighted by Gasteiger charge is 2.39. The van der Waals surface area contributed by atoms with Gasteiger partial charge in [0.2, 0.25) is 0 Å². The van der Waals surface area contributed by atoms with Crippen molar-refractivity contribution < 1.29 is 4.42 Å². The van der Waals surface area contributed by atoms with Crippen LogP contribution in [0.4, 0.5) is 0 Å². The molecule has 1 aromatic rings. The molecule has 1 aromatic heterocycles. The normalized spacial score (nSPS) is 12.8. The number of rotatable bonds is 12. The number of unbranched alkanes of at least 4 members (excludes halogenated alkanes) is 7. The molecule has 25 heavy (non-hydrogen) atoms. The van der Waals surface area contributed by atoms with Crippen molar-refractivity contribution >= 4 is 13.3 Å². The Morgan fingerprint density at radius 2 is 1.36 bits per heavy atom. The van der Waals surface area contributed by atoms with Crippen LogP contribution in [0.15, 0.2) is 10.7 Å². The molecule has 0 aromatic carbocycles. The molecular weight excluding hydrogens is 320 g/mol. The van der Waals surface area contributed by atoms with Gasteiger partial charge in [0, 0.05) is 6.42 Å². The van der Waals surface area contributed by atoms with Gasteiger partial charge >= 0.3 is 0 Å². The Kier molecular flexibility index (Phi) is 9.55. The number of hydrogen-bond acceptors (Lipinski definition) is 1. The van der Waals surface area contributed by atoms with Crippen molar-refractivity contribution in [3.8, 4) is 0 Å². The first-order valence-corrected chi connectivity index (χ1v) is 13.8. The third-order valence-electron chi connectivity index (χ3n) is 6.29. The first-order chi connectivity index (χ1) is 11.8. The maximum absolute atomic E-state index is 6.07. The standard InChI is InChI=1S/C23H44OSi/c1-8-10-11-12-13-14-15-16-18-20-21(17-9-2)24-19-22(20)25(6,7)23(3,4)5/h19H,8-18H2,1-7H3. The van der Waals surface area contributed by atoms with Gasteiger partial charge in [-0.25, -0.2) is 0 Å². The van der Waals surface area contributed by atoms with Gasteiger partial charge in [0.15, 0.2) is 0 Å². The zero-order valence-corrected chi connectivity index (χ0v) is 19.3. The van der Waals surface area contributed by atoms with Crippen molar-refractivity contribution in [1.82, 2.24) is 0 Å². The number of hydrogen-bond donors (Lipinski definition) is 0. The fraction of sp³-hybridized carbons (Fsp3) is 0.826. The molecule has 1 nitrogen and oxygen atoms in total. The van der Waals surface area contributed by atoms with Crippen molar-refractivity contribution in [3.05, 3.63) is 17.6 Å². The average molecular weight is 365 g/mol. The highest BCUT2D eigenvalue weighted by Crippen LogP contribution is 2.37. The summed E-state index contributed by atoms with van der Waals surface area (Å²) >= 11 is 0. The van der Waals surface area contributed by atoms with E-state index in [0.717, 1.165) is 6.42 Å². The summed E-state index contributed by atoms with van der Waals surface area (Å²) in [5.41, 5.74) is 1.58. The Morgan fingerprint density at radius 1 is 0.800 bits per heavy atom. The molecule has 2 heteroatoms. The Morgan fingerprint density at radius 3 is 1.88 bits per heavy atom. The first kappa shape index (κ1) is 22.5. The van der Waals surface area contributed by atoms with Crippen molar-refractivity contribution in [2.75, 3.05) is 0 Å². The lowest BCUT2D eigenvalue weighted by Gasteiger charge is -2.37. The lowest BCUT2D eigenvalue weighted by molar-refractivity contribution is 0.499. The van der Waals surface area contributed by atoms with E-state index in [0.29, 0.717) is 5.04 Å². The zero-order valence-electron chi connectivity index (χ0n) is 18.3. The van der Waals surface area contributed by atoms with Crippen LogP contribution in [0.25, 0.3) is 0 Å². The topological polar surface area (TPSA) is 13.1 Å². The molecule has 0 saturated heterocycles. The molecule has 1 heterocycles. The lowest BCUT2D eigenvalue weighted by Crippen LogP contribution is -2.50. The summed E-state index contributed by atoms with van der Waals surface area (Å²) in [7, 11) is -1.52. The second-order valence-electron chi connectivity index (χ2n) is 9.40. The maximum Gasteiger partial charge on any atom is 0.106 e. The minimum atomic E-state index is -1.52. The predicted molar refractivity (Wildman–Crippen MR) is 116 cm³/mol. The van der Waals surface area contributed by atoms with E-state index in [4.69, 9.17) is 4.42 Å². The van der Waals surface area contributed by atoms with Gasteiger partial charge in [-0.15, -0.1) is 0 Å². The molecular formula is C23H44OSi. The van der Waals surface area contributed by atoms with Gasteiger partial charge in [0.05, 0.1) is 14.3 Å². The SMILES string of the molecule is CCCCCCCCCCc1c([Si](C)(C)C(C)(C)C)coc1CCC. The Hall–Kier alpha value is -0.503. The zero-order chi connectivity index (χ0) is 18.9. The third kappa shape index (κ3) is 6.62. The Balaban J connectivity index is 2.66. The highest BCUT2D eigenvalue weighted by molar-refractivity contribution is 6.92. The van der Waals surface area contributed by atoms with Crippen LogP contribution < -0.4 is 5.19 Å². The molecule has 0 unspecified atom stereocenters. The van der Waals surface area contributed by atoms with Gasteiger partial charge in [-0.05, 0) is 35.1 Å². The van der Waals surface area contributed by atoms with Crippen LogP contribution >= 0.6 is 0 Å². The summed E-state index contributed by atoms with van der Waals surface area (Å²) in [6.45, 7) is 16.8.